The van der Waals surface area contributed by atoms with Crippen molar-refractivity contribution in [2.75, 3.05) is 5.32 Å². The van der Waals surface area contributed by atoms with E-state index in [1.54, 1.807) is 30.3 Å². The summed E-state index contributed by atoms with van der Waals surface area (Å²) in [7, 11) is 0. The van der Waals surface area contributed by atoms with Crippen LogP contribution in [0.15, 0.2) is 57.7 Å². The van der Waals surface area contributed by atoms with Crippen molar-refractivity contribution < 1.29 is 9.21 Å². The maximum Gasteiger partial charge on any atom is 0.349 e. The van der Waals surface area contributed by atoms with Crippen LogP contribution in [0, 0.1) is 6.92 Å². The summed E-state index contributed by atoms with van der Waals surface area (Å²) in [6, 6.07) is 14.0. The molecule has 4 aromatic rings. The lowest BCUT2D eigenvalue weighted by Gasteiger charge is -2.06. The van der Waals surface area contributed by atoms with Crippen molar-refractivity contribution in [1.82, 2.24) is 9.97 Å². The normalized spacial score (nSPS) is 11.0. The highest BCUT2D eigenvalue weighted by molar-refractivity contribution is 6.08. The van der Waals surface area contributed by atoms with Gasteiger partial charge in [0, 0.05) is 5.39 Å². The highest BCUT2D eigenvalue weighted by Gasteiger charge is 2.15. The molecule has 4 rings (SSSR count). The average molecular weight is 319 g/mol. The fourth-order valence-electron chi connectivity index (χ4n) is 2.67. The number of carbonyl (C=O) groups is 1. The molecule has 1 amide bonds. The first kappa shape index (κ1) is 14.2. The molecule has 118 valence electrons. The van der Waals surface area contributed by atoms with Crippen LogP contribution in [0.2, 0.25) is 0 Å². The number of H-pyrrole nitrogens is 1. The number of para-hydroxylation sites is 2. The van der Waals surface area contributed by atoms with Crippen LogP contribution in [0.5, 0.6) is 0 Å². The van der Waals surface area contributed by atoms with Crippen molar-refractivity contribution >= 4 is 33.6 Å². The SMILES string of the molecule is Cc1nc2c(NC(=O)c3cc4ccccc4oc3=O)cccc2[nH]1. The van der Waals surface area contributed by atoms with Gasteiger partial charge in [0.25, 0.3) is 5.91 Å². The Morgan fingerprint density at radius 3 is 2.88 bits per heavy atom. The number of anilines is 1. The quantitative estimate of drug-likeness (QED) is 0.555. The number of amides is 1. The zero-order valence-corrected chi connectivity index (χ0v) is 12.8. The van der Waals surface area contributed by atoms with Crippen molar-refractivity contribution in [3.63, 3.8) is 0 Å². The zero-order chi connectivity index (χ0) is 16.7. The number of aromatic nitrogens is 2. The van der Waals surface area contributed by atoms with Crippen LogP contribution in [0.3, 0.4) is 0 Å². The van der Waals surface area contributed by atoms with Crippen molar-refractivity contribution in [3.8, 4) is 0 Å². The lowest BCUT2D eigenvalue weighted by Crippen LogP contribution is -2.20. The predicted octanol–water partition coefficient (Wildman–Crippen LogP) is 3.23. The smallest absolute Gasteiger partial charge is 0.349 e. The highest BCUT2D eigenvalue weighted by atomic mass is 16.4. The number of aromatic amines is 1. The Morgan fingerprint density at radius 2 is 2.00 bits per heavy atom. The molecule has 2 N–H and O–H groups in total. The molecule has 0 atom stereocenters. The Bertz CT molecular complexity index is 1140. The summed E-state index contributed by atoms with van der Waals surface area (Å²) in [5.41, 5.74) is 1.73. The van der Waals surface area contributed by atoms with E-state index in [1.807, 2.05) is 19.1 Å². The minimum Gasteiger partial charge on any atom is -0.422 e. The van der Waals surface area contributed by atoms with Crippen molar-refractivity contribution in [2.45, 2.75) is 6.92 Å². The van der Waals surface area contributed by atoms with Gasteiger partial charge < -0.3 is 14.7 Å². The molecule has 2 aromatic carbocycles. The number of aryl methyl sites for hydroxylation is 1. The van der Waals surface area contributed by atoms with Crippen LogP contribution in [-0.4, -0.2) is 15.9 Å². The van der Waals surface area contributed by atoms with Gasteiger partial charge in [-0.1, -0.05) is 24.3 Å². The fourth-order valence-corrected chi connectivity index (χ4v) is 2.67. The number of rotatable bonds is 2. The molecule has 2 aromatic heterocycles. The monoisotopic (exact) mass is 319 g/mol. The second kappa shape index (κ2) is 5.34. The van der Waals surface area contributed by atoms with Gasteiger partial charge in [-0.15, -0.1) is 0 Å². The minimum absolute atomic E-state index is 0.0436. The molecule has 0 saturated heterocycles. The van der Waals surface area contributed by atoms with Crippen molar-refractivity contribution in [1.29, 1.82) is 0 Å². The Labute approximate surface area is 136 Å². The molecule has 0 fully saturated rings. The fraction of sp³-hybridized carbons (Fsp3) is 0.0556. The zero-order valence-electron chi connectivity index (χ0n) is 12.8. The largest absolute Gasteiger partial charge is 0.422 e. The van der Waals surface area contributed by atoms with E-state index in [9.17, 15) is 9.59 Å². The summed E-state index contributed by atoms with van der Waals surface area (Å²) in [5, 5.41) is 3.43. The van der Waals surface area contributed by atoms with E-state index in [2.05, 4.69) is 15.3 Å². The maximum atomic E-state index is 12.5. The van der Waals surface area contributed by atoms with E-state index in [1.165, 1.54) is 6.07 Å². The van der Waals surface area contributed by atoms with Gasteiger partial charge in [0.1, 0.15) is 22.5 Å². The van der Waals surface area contributed by atoms with Crippen molar-refractivity contribution in [2.24, 2.45) is 0 Å². The summed E-state index contributed by atoms with van der Waals surface area (Å²) in [5.74, 6) is 0.222. The third-order valence-corrected chi connectivity index (χ3v) is 3.77. The number of fused-ring (bicyclic) bond motifs is 2. The number of hydrogen-bond donors (Lipinski definition) is 2. The third kappa shape index (κ3) is 2.34. The van der Waals surface area contributed by atoms with Crippen LogP contribution in [0.1, 0.15) is 16.2 Å². The first-order valence-electron chi connectivity index (χ1n) is 7.41. The van der Waals surface area contributed by atoms with Crippen LogP contribution in [-0.2, 0) is 0 Å². The standard InChI is InChI=1S/C18H13N3O3/c1-10-19-13-6-4-7-14(16(13)20-10)21-17(22)12-9-11-5-2-3-8-15(11)24-18(12)23/h2-9H,1H3,(H,19,20)(H,21,22). The summed E-state index contributed by atoms with van der Waals surface area (Å²) in [6.45, 7) is 1.84. The van der Waals surface area contributed by atoms with E-state index in [-0.39, 0.29) is 5.56 Å². The van der Waals surface area contributed by atoms with Gasteiger partial charge in [-0.2, -0.15) is 0 Å². The van der Waals surface area contributed by atoms with Gasteiger partial charge in [-0.25, -0.2) is 9.78 Å². The molecule has 0 aliphatic rings. The summed E-state index contributed by atoms with van der Waals surface area (Å²) in [4.78, 5) is 32.1. The number of carbonyl (C=O) groups excluding carboxylic acids is 1. The lowest BCUT2D eigenvalue weighted by atomic mass is 10.1. The summed E-state index contributed by atoms with van der Waals surface area (Å²) < 4.78 is 5.21. The number of benzene rings is 2. The second-order valence-electron chi connectivity index (χ2n) is 5.46. The minimum atomic E-state index is -0.670. The van der Waals surface area contributed by atoms with E-state index in [0.717, 1.165) is 11.3 Å². The predicted molar refractivity (Wildman–Crippen MR) is 91.3 cm³/mol. The molecule has 2 heterocycles. The molecule has 0 radical (unpaired) electrons. The molecular weight excluding hydrogens is 306 g/mol. The number of nitrogens with one attached hydrogen (secondary N) is 2. The van der Waals surface area contributed by atoms with E-state index < -0.39 is 11.5 Å². The molecular formula is C18H13N3O3. The first-order chi connectivity index (χ1) is 11.6. The molecule has 6 nitrogen and oxygen atoms in total. The van der Waals surface area contributed by atoms with Gasteiger partial charge >= 0.3 is 5.63 Å². The second-order valence-corrected chi connectivity index (χ2v) is 5.46. The van der Waals surface area contributed by atoms with Crippen LogP contribution in [0.4, 0.5) is 5.69 Å². The first-order valence-corrected chi connectivity index (χ1v) is 7.41. The van der Waals surface area contributed by atoms with E-state index >= 15 is 0 Å². The molecule has 0 aliphatic carbocycles. The molecule has 0 aliphatic heterocycles. The topological polar surface area (TPSA) is 88.0 Å². The van der Waals surface area contributed by atoms with Gasteiger partial charge in [0.2, 0.25) is 0 Å². The molecule has 0 spiro atoms. The average Bonchev–Trinajstić information content (AvgIpc) is 2.95. The number of hydrogen-bond acceptors (Lipinski definition) is 4. The number of nitrogens with zero attached hydrogens (tertiary/aromatic N) is 1. The van der Waals surface area contributed by atoms with Gasteiger partial charge in [0.15, 0.2) is 0 Å². The van der Waals surface area contributed by atoms with Gasteiger partial charge in [-0.05, 0) is 31.2 Å². The highest BCUT2D eigenvalue weighted by Crippen LogP contribution is 2.22. The van der Waals surface area contributed by atoms with Crippen LogP contribution in [0.25, 0.3) is 22.0 Å². The maximum absolute atomic E-state index is 12.5. The molecule has 24 heavy (non-hydrogen) atoms. The lowest BCUT2D eigenvalue weighted by molar-refractivity contribution is 0.102. The van der Waals surface area contributed by atoms with Gasteiger partial charge in [0.05, 0.1) is 11.2 Å². The van der Waals surface area contributed by atoms with Crippen LogP contribution < -0.4 is 10.9 Å². The van der Waals surface area contributed by atoms with E-state index in [0.29, 0.717) is 22.2 Å². The Kier molecular flexibility index (Phi) is 3.16. The van der Waals surface area contributed by atoms with E-state index in [4.69, 9.17) is 4.42 Å². The Morgan fingerprint density at radius 1 is 1.17 bits per heavy atom. The summed E-state index contributed by atoms with van der Waals surface area (Å²) >= 11 is 0. The van der Waals surface area contributed by atoms with Crippen molar-refractivity contribution in [3.05, 3.63) is 70.3 Å². The Hall–Kier alpha value is -3.41. The summed E-state index contributed by atoms with van der Waals surface area (Å²) in [6.07, 6.45) is 0. The van der Waals surface area contributed by atoms with Crippen LogP contribution >= 0.6 is 0 Å². The molecule has 0 saturated carbocycles. The molecule has 0 bridgehead atoms. The number of imidazole rings is 1. The third-order valence-electron chi connectivity index (χ3n) is 3.77. The molecule has 6 heteroatoms. The molecule has 0 unspecified atom stereocenters. The van der Waals surface area contributed by atoms with Gasteiger partial charge in [-0.3, -0.25) is 4.79 Å². The Balaban J connectivity index is 1.76.